The molecule has 8 heteroatoms. The third kappa shape index (κ3) is 6.04. The molecular formula is C25H28N4O3S. The van der Waals surface area contributed by atoms with Crippen LogP contribution in [-0.4, -0.2) is 65.0 Å². The number of rotatable bonds is 7. The largest absolute Gasteiger partial charge is 0.478 e. The fourth-order valence-corrected chi connectivity index (χ4v) is 4.65. The first-order chi connectivity index (χ1) is 15.9. The number of piperazine rings is 1. The highest BCUT2D eigenvalue weighted by Gasteiger charge is 2.15. The summed E-state index contributed by atoms with van der Waals surface area (Å²) in [5.74, 6) is -1.24. The number of amides is 1. The van der Waals surface area contributed by atoms with Gasteiger partial charge in [-0.15, -0.1) is 11.3 Å². The number of aromatic carboxylic acids is 1. The van der Waals surface area contributed by atoms with Crippen molar-refractivity contribution < 1.29 is 14.7 Å². The number of thiazole rings is 1. The Hall–Kier alpha value is -3.07. The Kier molecular flexibility index (Phi) is 7.17. The van der Waals surface area contributed by atoms with Gasteiger partial charge in [-0.2, -0.15) is 0 Å². The number of hydrogen-bond acceptors (Lipinski definition) is 6. The Morgan fingerprint density at radius 1 is 1.12 bits per heavy atom. The van der Waals surface area contributed by atoms with E-state index in [1.54, 1.807) is 6.07 Å². The van der Waals surface area contributed by atoms with Crippen LogP contribution < -0.4 is 5.32 Å². The van der Waals surface area contributed by atoms with Gasteiger partial charge in [0.25, 0.3) is 0 Å². The fraction of sp³-hybridized carbons (Fsp3) is 0.320. The molecule has 0 atom stereocenters. The van der Waals surface area contributed by atoms with E-state index < -0.39 is 5.97 Å². The Balaban J connectivity index is 1.39. The van der Waals surface area contributed by atoms with Crippen molar-refractivity contribution in [1.29, 1.82) is 0 Å². The van der Waals surface area contributed by atoms with E-state index >= 15 is 0 Å². The Labute approximate surface area is 197 Å². The van der Waals surface area contributed by atoms with Crippen molar-refractivity contribution in [2.75, 3.05) is 38.5 Å². The average molecular weight is 465 g/mol. The first-order valence-electron chi connectivity index (χ1n) is 11.0. The molecule has 1 aliphatic heterocycles. The number of anilines is 1. The van der Waals surface area contributed by atoms with Gasteiger partial charge in [0.05, 0.1) is 17.7 Å². The number of carboxylic acids is 1. The SMILES string of the molecule is Cc1ccc(C(=O)O)cc1NC(=O)Cc1csc(-c2cccc(CN3CCN(C)CC3)c2)n1. The van der Waals surface area contributed by atoms with Crippen LogP contribution in [0.5, 0.6) is 0 Å². The van der Waals surface area contributed by atoms with Gasteiger partial charge in [-0.25, -0.2) is 9.78 Å². The molecule has 0 spiro atoms. The molecule has 172 valence electrons. The highest BCUT2D eigenvalue weighted by Crippen LogP contribution is 2.26. The van der Waals surface area contributed by atoms with Crippen LogP contribution in [0, 0.1) is 6.92 Å². The second-order valence-electron chi connectivity index (χ2n) is 8.48. The zero-order valence-corrected chi connectivity index (χ0v) is 19.7. The van der Waals surface area contributed by atoms with Crippen molar-refractivity contribution in [3.05, 3.63) is 70.2 Å². The van der Waals surface area contributed by atoms with Crippen LogP contribution in [0.3, 0.4) is 0 Å². The lowest BCUT2D eigenvalue weighted by Crippen LogP contribution is -2.43. The molecule has 2 aromatic carbocycles. The number of aromatic nitrogens is 1. The molecule has 0 radical (unpaired) electrons. The average Bonchev–Trinajstić information content (AvgIpc) is 3.25. The smallest absolute Gasteiger partial charge is 0.335 e. The minimum atomic E-state index is -1.02. The standard InChI is InChI=1S/C25H28N4O3S/c1-17-6-7-20(25(31)32)13-22(17)27-23(30)14-21-16-33-24(26-21)19-5-3-4-18(12-19)15-29-10-8-28(2)9-11-29/h3-7,12-13,16H,8-11,14-15H2,1-2H3,(H,27,30)(H,31,32). The van der Waals surface area contributed by atoms with E-state index in [9.17, 15) is 14.7 Å². The van der Waals surface area contributed by atoms with Crippen molar-refractivity contribution in [1.82, 2.24) is 14.8 Å². The second-order valence-corrected chi connectivity index (χ2v) is 9.34. The number of carboxylic acid groups (broad SMARTS) is 1. The third-order valence-corrected chi connectivity index (χ3v) is 6.77. The van der Waals surface area contributed by atoms with Gasteiger partial charge in [-0.05, 0) is 43.3 Å². The normalized spacial score (nSPS) is 14.8. The summed E-state index contributed by atoms with van der Waals surface area (Å²) >= 11 is 1.53. The molecule has 2 heterocycles. The zero-order valence-electron chi connectivity index (χ0n) is 18.9. The van der Waals surface area contributed by atoms with Crippen molar-refractivity contribution in [2.24, 2.45) is 0 Å². The van der Waals surface area contributed by atoms with Gasteiger partial charge in [-0.1, -0.05) is 24.3 Å². The molecule has 2 N–H and O–H groups in total. The third-order valence-electron chi connectivity index (χ3n) is 5.83. The van der Waals surface area contributed by atoms with Gasteiger partial charge in [0, 0.05) is 49.4 Å². The van der Waals surface area contributed by atoms with Gasteiger partial charge in [0.2, 0.25) is 5.91 Å². The van der Waals surface area contributed by atoms with Gasteiger partial charge in [-0.3, -0.25) is 9.69 Å². The molecule has 33 heavy (non-hydrogen) atoms. The minimum absolute atomic E-state index is 0.133. The van der Waals surface area contributed by atoms with Crippen molar-refractivity contribution in [3.8, 4) is 10.6 Å². The number of likely N-dealkylation sites (N-methyl/N-ethyl adjacent to an activating group) is 1. The molecule has 3 aromatic rings. The van der Waals surface area contributed by atoms with Crippen LogP contribution in [0.25, 0.3) is 10.6 Å². The number of hydrogen-bond donors (Lipinski definition) is 2. The summed E-state index contributed by atoms with van der Waals surface area (Å²) in [5, 5.41) is 14.8. The van der Waals surface area contributed by atoms with Crippen LogP contribution in [0.15, 0.2) is 47.8 Å². The lowest BCUT2D eigenvalue weighted by molar-refractivity contribution is -0.115. The Morgan fingerprint density at radius 3 is 2.67 bits per heavy atom. The summed E-state index contributed by atoms with van der Waals surface area (Å²) in [6, 6.07) is 13.1. The number of carbonyl (C=O) groups excluding carboxylic acids is 1. The Bertz CT molecular complexity index is 1150. The van der Waals surface area contributed by atoms with Crippen LogP contribution in [0.1, 0.15) is 27.2 Å². The van der Waals surface area contributed by atoms with Gasteiger partial charge in [0.15, 0.2) is 0 Å². The molecule has 0 saturated carbocycles. The quantitative estimate of drug-likeness (QED) is 0.554. The van der Waals surface area contributed by atoms with Crippen molar-refractivity contribution in [3.63, 3.8) is 0 Å². The van der Waals surface area contributed by atoms with Crippen LogP contribution in [-0.2, 0) is 17.8 Å². The predicted molar refractivity (Wildman–Crippen MR) is 131 cm³/mol. The van der Waals surface area contributed by atoms with E-state index in [1.807, 2.05) is 12.3 Å². The number of aryl methyl sites for hydroxylation is 1. The monoisotopic (exact) mass is 464 g/mol. The van der Waals surface area contributed by atoms with Crippen molar-refractivity contribution in [2.45, 2.75) is 19.9 Å². The number of carbonyl (C=O) groups is 2. The lowest BCUT2D eigenvalue weighted by atomic mass is 10.1. The number of benzene rings is 2. The number of nitrogens with zero attached hydrogens (tertiary/aromatic N) is 3. The van der Waals surface area contributed by atoms with Gasteiger partial charge < -0.3 is 15.3 Å². The summed E-state index contributed by atoms with van der Waals surface area (Å²) in [7, 11) is 2.16. The minimum Gasteiger partial charge on any atom is -0.478 e. The summed E-state index contributed by atoms with van der Waals surface area (Å²) in [6.45, 7) is 7.10. The summed E-state index contributed by atoms with van der Waals surface area (Å²) in [4.78, 5) is 33.3. The zero-order chi connectivity index (χ0) is 23.4. The van der Waals surface area contributed by atoms with E-state index in [2.05, 4.69) is 51.4 Å². The molecule has 1 amide bonds. The first-order valence-corrected chi connectivity index (χ1v) is 11.8. The maximum atomic E-state index is 12.6. The maximum absolute atomic E-state index is 12.6. The first kappa shape index (κ1) is 23.1. The van der Waals surface area contributed by atoms with Gasteiger partial charge >= 0.3 is 5.97 Å². The molecular weight excluding hydrogens is 436 g/mol. The molecule has 1 aliphatic rings. The van der Waals surface area contributed by atoms with Gasteiger partial charge in [0.1, 0.15) is 5.01 Å². The molecule has 7 nitrogen and oxygen atoms in total. The molecule has 1 aromatic heterocycles. The Morgan fingerprint density at radius 2 is 1.91 bits per heavy atom. The predicted octanol–water partition coefficient (Wildman–Crippen LogP) is 3.75. The summed E-state index contributed by atoms with van der Waals surface area (Å²) < 4.78 is 0. The topological polar surface area (TPSA) is 85.8 Å². The van der Waals surface area contributed by atoms with Crippen molar-refractivity contribution >= 4 is 28.9 Å². The molecule has 4 rings (SSSR count). The molecule has 0 unspecified atom stereocenters. The van der Waals surface area contributed by atoms with E-state index in [-0.39, 0.29) is 17.9 Å². The summed E-state index contributed by atoms with van der Waals surface area (Å²) in [6.07, 6.45) is 0.133. The summed E-state index contributed by atoms with van der Waals surface area (Å²) in [5.41, 5.74) is 4.48. The van der Waals surface area contributed by atoms with Crippen LogP contribution in [0.2, 0.25) is 0 Å². The lowest BCUT2D eigenvalue weighted by Gasteiger charge is -2.32. The second kappa shape index (κ2) is 10.2. The number of nitrogens with one attached hydrogen (secondary N) is 1. The molecule has 0 bridgehead atoms. The molecule has 1 fully saturated rings. The maximum Gasteiger partial charge on any atom is 0.335 e. The van der Waals surface area contributed by atoms with Crippen LogP contribution in [0.4, 0.5) is 5.69 Å². The molecule has 0 aliphatic carbocycles. The van der Waals surface area contributed by atoms with E-state index in [0.717, 1.165) is 48.9 Å². The molecule has 1 saturated heterocycles. The highest BCUT2D eigenvalue weighted by molar-refractivity contribution is 7.13. The highest BCUT2D eigenvalue weighted by atomic mass is 32.1. The van der Waals surface area contributed by atoms with E-state index in [1.165, 1.54) is 29.0 Å². The van der Waals surface area contributed by atoms with E-state index in [0.29, 0.717) is 11.4 Å². The van der Waals surface area contributed by atoms with E-state index in [4.69, 9.17) is 0 Å². The van der Waals surface area contributed by atoms with Crippen LogP contribution >= 0.6 is 11.3 Å². The fourth-order valence-electron chi connectivity index (χ4n) is 3.84.